The van der Waals surface area contributed by atoms with Crippen molar-refractivity contribution in [2.75, 3.05) is 19.6 Å². The van der Waals surface area contributed by atoms with Gasteiger partial charge in [0.05, 0.1) is 0 Å². The van der Waals surface area contributed by atoms with E-state index in [2.05, 4.69) is 31.0 Å². The van der Waals surface area contributed by atoms with Crippen molar-refractivity contribution in [3.05, 3.63) is 0 Å². The van der Waals surface area contributed by atoms with Gasteiger partial charge in [0.15, 0.2) is 0 Å². The Morgan fingerprint density at radius 3 is 2.60 bits per heavy atom. The molecule has 2 unspecified atom stereocenters. The van der Waals surface area contributed by atoms with E-state index in [-0.39, 0.29) is 0 Å². The lowest BCUT2D eigenvalue weighted by atomic mass is 9.95. The number of piperidine rings is 1. The Labute approximate surface area is 94.4 Å². The second-order valence-electron chi connectivity index (χ2n) is 5.94. The predicted molar refractivity (Wildman–Crippen MR) is 65.0 cm³/mol. The molecule has 1 saturated heterocycles. The smallest absolute Gasteiger partial charge is 0.0198 e. The average molecular weight is 210 g/mol. The summed E-state index contributed by atoms with van der Waals surface area (Å²) in [6.07, 6.45) is 4.29. The first-order chi connectivity index (χ1) is 7.15. The fourth-order valence-corrected chi connectivity index (χ4v) is 2.62. The molecule has 1 aliphatic heterocycles. The maximum Gasteiger partial charge on any atom is 0.0198 e. The van der Waals surface area contributed by atoms with Crippen LogP contribution in [0.4, 0.5) is 0 Å². The first-order valence-corrected chi connectivity index (χ1v) is 6.62. The van der Waals surface area contributed by atoms with E-state index in [4.69, 9.17) is 0 Å². The molecule has 2 nitrogen and oxygen atoms in total. The summed E-state index contributed by atoms with van der Waals surface area (Å²) in [5.74, 6) is 1.87. The molecular weight excluding hydrogens is 184 g/mol. The third-order valence-electron chi connectivity index (χ3n) is 3.81. The van der Waals surface area contributed by atoms with Crippen molar-refractivity contribution in [1.29, 1.82) is 0 Å². The normalized spacial score (nSPS) is 33.6. The van der Waals surface area contributed by atoms with Gasteiger partial charge in [0.1, 0.15) is 0 Å². The summed E-state index contributed by atoms with van der Waals surface area (Å²) in [5, 5.41) is 3.76. The second kappa shape index (κ2) is 4.84. The minimum Gasteiger partial charge on any atom is -0.312 e. The molecule has 88 valence electrons. The minimum absolute atomic E-state index is 0.706. The Hall–Kier alpha value is -0.0800. The number of nitrogens with one attached hydrogen (secondary N) is 1. The van der Waals surface area contributed by atoms with Gasteiger partial charge in [0.25, 0.3) is 0 Å². The zero-order valence-electron chi connectivity index (χ0n) is 10.5. The molecule has 2 atom stereocenters. The van der Waals surface area contributed by atoms with E-state index in [0.717, 1.165) is 17.9 Å². The molecule has 15 heavy (non-hydrogen) atoms. The summed E-state index contributed by atoms with van der Waals surface area (Å²) in [5.41, 5.74) is 0. The van der Waals surface area contributed by atoms with Crippen LogP contribution in [0.3, 0.4) is 0 Å². The van der Waals surface area contributed by atoms with Gasteiger partial charge in [0, 0.05) is 25.2 Å². The van der Waals surface area contributed by atoms with E-state index in [9.17, 15) is 0 Å². The SMILES string of the molecule is CC1CC(NCC2CC2)CN(C(C)C)C1. The predicted octanol–water partition coefficient (Wildman–Crippen LogP) is 2.10. The van der Waals surface area contributed by atoms with E-state index in [1.807, 2.05) is 0 Å². The van der Waals surface area contributed by atoms with Crippen LogP contribution in [0, 0.1) is 11.8 Å². The molecule has 0 aromatic rings. The Morgan fingerprint density at radius 1 is 1.27 bits per heavy atom. The molecule has 1 heterocycles. The van der Waals surface area contributed by atoms with Gasteiger partial charge in [0.2, 0.25) is 0 Å². The minimum atomic E-state index is 0.706. The Balaban J connectivity index is 1.77. The van der Waals surface area contributed by atoms with Gasteiger partial charge in [-0.2, -0.15) is 0 Å². The van der Waals surface area contributed by atoms with Gasteiger partial charge in [-0.25, -0.2) is 0 Å². The number of hydrogen-bond donors (Lipinski definition) is 1. The third kappa shape index (κ3) is 3.46. The number of hydrogen-bond acceptors (Lipinski definition) is 2. The molecule has 0 radical (unpaired) electrons. The Bertz CT molecular complexity index is 199. The summed E-state index contributed by atoms with van der Waals surface area (Å²) < 4.78 is 0. The molecule has 0 spiro atoms. The third-order valence-corrected chi connectivity index (χ3v) is 3.81. The largest absolute Gasteiger partial charge is 0.312 e. The molecule has 2 fully saturated rings. The number of likely N-dealkylation sites (tertiary alicyclic amines) is 1. The molecule has 2 rings (SSSR count). The molecular formula is C13H26N2. The molecule has 1 aliphatic carbocycles. The van der Waals surface area contributed by atoms with Crippen molar-refractivity contribution in [2.45, 2.75) is 52.1 Å². The van der Waals surface area contributed by atoms with Gasteiger partial charge >= 0.3 is 0 Å². The van der Waals surface area contributed by atoms with Gasteiger partial charge < -0.3 is 5.32 Å². The number of nitrogens with zero attached hydrogens (tertiary/aromatic N) is 1. The summed E-state index contributed by atoms with van der Waals surface area (Å²) in [4.78, 5) is 2.62. The first kappa shape index (κ1) is 11.4. The summed E-state index contributed by atoms with van der Waals surface area (Å²) in [7, 11) is 0. The second-order valence-corrected chi connectivity index (χ2v) is 5.94. The lowest BCUT2D eigenvalue weighted by molar-refractivity contribution is 0.118. The van der Waals surface area contributed by atoms with Crippen LogP contribution < -0.4 is 5.32 Å². The standard InChI is InChI=1S/C13H26N2/c1-10(2)15-8-11(3)6-13(9-15)14-7-12-4-5-12/h10-14H,4-9H2,1-3H3. The van der Waals surface area contributed by atoms with Gasteiger partial charge in [-0.3, -0.25) is 4.90 Å². The van der Waals surface area contributed by atoms with Crippen molar-refractivity contribution >= 4 is 0 Å². The van der Waals surface area contributed by atoms with Crippen LogP contribution >= 0.6 is 0 Å². The summed E-state index contributed by atoms with van der Waals surface area (Å²) in [6.45, 7) is 10.8. The molecule has 0 aromatic carbocycles. The van der Waals surface area contributed by atoms with Crippen molar-refractivity contribution < 1.29 is 0 Å². The Kier molecular flexibility index (Phi) is 3.68. The van der Waals surface area contributed by atoms with E-state index in [1.165, 1.54) is 38.9 Å². The van der Waals surface area contributed by atoms with E-state index in [1.54, 1.807) is 0 Å². The number of rotatable bonds is 4. The van der Waals surface area contributed by atoms with Gasteiger partial charge in [-0.05, 0) is 51.5 Å². The van der Waals surface area contributed by atoms with Gasteiger partial charge in [-0.1, -0.05) is 6.92 Å². The molecule has 2 aliphatic rings. The fraction of sp³-hybridized carbons (Fsp3) is 1.00. The van der Waals surface area contributed by atoms with Crippen LogP contribution in [-0.4, -0.2) is 36.6 Å². The highest BCUT2D eigenvalue weighted by Gasteiger charge is 2.28. The Morgan fingerprint density at radius 2 is 2.00 bits per heavy atom. The maximum atomic E-state index is 3.76. The highest BCUT2D eigenvalue weighted by atomic mass is 15.2. The molecule has 1 saturated carbocycles. The molecule has 0 amide bonds. The average Bonchev–Trinajstić information content (AvgIpc) is 2.97. The lowest BCUT2D eigenvalue weighted by Gasteiger charge is -2.39. The van der Waals surface area contributed by atoms with Crippen molar-refractivity contribution in [1.82, 2.24) is 10.2 Å². The van der Waals surface area contributed by atoms with Crippen molar-refractivity contribution in [3.63, 3.8) is 0 Å². The van der Waals surface area contributed by atoms with Crippen LogP contribution in [-0.2, 0) is 0 Å². The van der Waals surface area contributed by atoms with Gasteiger partial charge in [-0.15, -0.1) is 0 Å². The van der Waals surface area contributed by atoms with Crippen LogP contribution in [0.15, 0.2) is 0 Å². The van der Waals surface area contributed by atoms with E-state index >= 15 is 0 Å². The lowest BCUT2D eigenvalue weighted by Crippen LogP contribution is -2.51. The highest BCUT2D eigenvalue weighted by Crippen LogP contribution is 2.28. The summed E-state index contributed by atoms with van der Waals surface area (Å²) >= 11 is 0. The van der Waals surface area contributed by atoms with Crippen LogP contribution in [0.1, 0.15) is 40.0 Å². The summed E-state index contributed by atoms with van der Waals surface area (Å²) in [6, 6.07) is 1.45. The molecule has 1 N–H and O–H groups in total. The maximum absolute atomic E-state index is 3.76. The van der Waals surface area contributed by atoms with Crippen LogP contribution in [0.2, 0.25) is 0 Å². The zero-order chi connectivity index (χ0) is 10.8. The van der Waals surface area contributed by atoms with Crippen LogP contribution in [0.25, 0.3) is 0 Å². The molecule has 0 aromatic heterocycles. The van der Waals surface area contributed by atoms with Crippen molar-refractivity contribution in [3.8, 4) is 0 Å². The fourth-order valence-electron chi connectivity index (χ4n) is 2.62. The topological polar surface area (TPSA) is 15.3 Å². The quantitative estimate of drug-likeness (QED) is 0.764. The van der Waals surface area contributed by atoms with E-state index < -0.39 is 0 Å². The van der Waals surface area contributed by atoms with E-state index in [0.29, 0.717) is 6.04 Å². The first-order valence-electron chi connectivity index (χ1n) is 6.62. The molecule has 0 bridgehead atoms. The monoisotopic (exact) mass is 210 g/mol. The zero-order valence-corrected chi connectivity index (χ0v) is 10.5. The van der Waals surface area contributed by atoms with Crippen molar-refractivity contribution in [2.24, 2.45) is 11.8 Å². The van der Waals surface area contributed by atoms with Crippen LogP contribution in [0.5, 0.6) is 0 Å². The molecule has 2 heteroatoms. The highest BCUT2D eigenvalue weighted by molar-refractivity contribution is 4.85.